The fourth-order valence-corrected chi connectivity index (χ4v) is 2.17. The molecule has 1 aliphatic heterocycles. The van der Waals surface area contributed by atoms with Crippen molar-refractivity contribution < 1.29 is 0 Å². The summed E-state index contributed by atoms with van der Waals surface area (Å²) in [6.07, 6.45) is 0. The molecule has 2 nitrogen and oxygen atoms in total. The highest BCUT2D eigenvalue weighted by Crippen LogP contribution is 2.44. The topological polar surface area (TPSA) is 15.3 Å². The van der Waals surface area contributed by atoms with Gasteiger partial charge in [-0.2, -0.15) is 0 Å². The molecule has 2 aliphatic rings. The zero-order valence-corrected chi connectivity index (χ0v) is 6.09. The molecule has 0 aromatic heterocycles. The first kappa shape index (κ1) is 5.69. The van der Waals surface area contributed by atoms with Crippen LogP contribution in [0.5, 0.6) is 0 Å². The first-order valence-corrected chi connectivity index (χ1v) is 3.68. The number of nitrogens with zero attached hydrogens (tertiary/aromatic N) is 1. The van der Waals surface area contributed by atoms with E-state index in [1.165, 1.54) is 13.1 Å². The second kappa shape index (κ2) is 1.70. The van der Waals surface area contributed by atoms with Gasteiger partial charge in [-0.05, 0) is 25.9 Å². The molecule has 0 aromatic carbocycles. The van der Waals surface area contributed by atoms with Gasteiger partial charge in [0.05, 0.1) is 0 Å². The number of piperidine rings is 1. The zero-order valence-electron chi connectivity index (χ0n) is 6.09. The Labute approximate surface area is 56.2 Å². The van der Waals surface area contributed by atoms with Crippen molar-refractivity contribution in [3.63, 3.8) is 0 Å². The second-order valence-corrected chi connectivity index (χ2v) is 3.36. The summed E-state index contributed by atoms with van der Waals surface area (Å²) in [7, 11) is 4.28. The molecular formula is C7H14N2. The smallest absolute Gasteiger partial charge is 0.0152 e. The van der Waals surface area contributed by atoms with Crippen molar-refractivity contribution in [3.05, 3.63) is 0 Å². The third-order valence-corrected chi connectivity index (χ3v) is 2.71. The number of hydrogen-bond acceptors (Lipinski definition) is 2. The molecule has 0 radical (unpaired) electrons. The van der Waals surface area contributed by atoms with Gasteiger partial charge in [-0.25, -0.2) is 0 Å². The van der Waals surface area contributed by atoms with E-state index in [1.807, 2.05) is 0 Å². The van der Waals surface area contributed by atoms with Crippen LogP contribution >= 0.6 is 0 Å². The molecule has 52 valence electrons. The molecule has 0 aromatic rings. The fraction of sp³-hybridized carbons (Fsp3) is 1.00. The van der Waals surface area contributed by atoms with Crippen LogP contribution in [0.25, 0.3) is 0 Å². The Morgan fingerprint density at radius 1 is 1.33 bits per heavy atom. The minimum atomic E-state index is 0.862. The van der Waals surface area contributed by atoms with E-state index in [0.717, 1.165) is 17.9 Å². The van der Waals surface area contributed by atoms with E-state index in [1.54, 1.807) is 0 Å². The summed E-state index contributed by atoms with van der Waals surface area (Å²) in [5, 5.41) is 3.33. The van der Waals surface area contributed by atoms with Gasteiger partial charge in [0.25, 0.3) is 0 Å². The van der Waals surface area contributed by atoms with Crippen LogP contribution in [0.1, 0.15) is 0 Å². The molecule has 1 heterocycles. The third kappa shape index (κ3) is 0.700. The Balaban J connectivity index is 1.91. The molecule has 2 fully saturated rings. The van der Waals surface area contributed by atoms with E-state index in [4.69, 9.17) is 0 Å². The molecule has 1 saturated heterocycles. The highest BCUT2D eigenvalue weighted by Gasteiger charge is 2.53. The highest BCUT2D eigenvalue weighted by atomic mass is 15.2. The van der Waals surface area contributed by atoms with Gasteiger partial charge in [-0.3, -0.25) is 0 Å². The maximum Gasteiger partial charge on any atom is 0.0152 e. The van der Waals surface area contributed by atoms with Crippen LogP contribution in [0.2, 0.25) is 0 Å². The van der Waals surface area contributed by atoms with Crippen molar-refractivity contribution >= 4 is 0 Å². The summed E-state index contributed by atoms with van der Waals surface area (Å²) in [6.45, 7) is 2.63. The van der Waals surface area contributed by atoms with Crippen LogP contribution in [0, 0.1) is 11.8 Å². The lowest BCUT2D eigenvalue weighted by atomic mass is 10.4. The third-order valence-electron chi connectivity index (χ3n) is 2.71. The van der Waals surface area contributed by atoms with Crippen LogP contribution in [0.15, 0.2) is 0 Å². The Hall–Kier alpha value is -0.0800. The maximum atomic E-state index is 3.33. The van der Waals surface area contributed by atoms with Gasteiger partial charge in [-0.15, -0.1) is 0 Å². The van der Waals surface area contributed by atoms with E-state index in [2.05, 4.69) is 24.3 Å². The van der Waals surface area contributed by atoms with Gasteiger partial charge in [0.15, 0.2) is 0 Å². The predicted octanol–water partition coefficient (Wildman–Crippen LogP) is -0.234. The van der Waals surface area contributed by atoms with E-state index in [-0.39, 0.29) is 0 Å². The maximum absolute atomic E-state index is 3.33. The number of fused-ring (bicyclic) bond motifs is 1. The Morgan fingerprint density at radius 2 is 1.89 bits per heavy atom. The summed E-state index contributed by atoms with van der Waals surface area (Å²) in [5.74, 6) is 1.97. The SMILES string of the molecule is CNC1[C@H]2CN(C)C[C@@H]12. The lowest BCUT2D eigenvalue weighted by Crippen LogP contribution is -2.26. The van der Waals surface area contributed by atoms with Crippen LogP contribution in [-0.4, -0.2) is 38.1 Å². The number of rotatable bonds is 1. The average Bonchev–Trinajstić information content (AvgIpc) is 2.30. The van der Waals surface area contributed by atoms with Crippen LogP contribution in [0.3, 0.4) is 0 Å². The van der Waals surface area contributed by atoms with Crippen molar-refractivity contribution in [2.24, 2.45) is 11.8 Å². The second-order valence-electron chi connectivity index (χ2n) is 3.36. The van der Waals surface area contributed by atoms with E-state index < -0.39 is 0 Å². The predicted molar refractivity (Wildman–Crippen MR) is 37.3 cm³/mol. The number of likely N-dealkylation sites (tertiary alicyclic amines) is 1. The Kier molecular flexibility index (Phi) is 1.08. The van der Waals surface area contributed by atoms with Crippen LogP contribution in [-0.2, 0) is 0 Å². The van der Waals surface area contributed by atoms with Gasteiger partial charge in [-0.1, -0.05) is 0 Å². The van der Waals surface area contributed by atoms with Gasteiger partial charge in [0, 0.05) is 19.1 Å². The molecule has 0 bridgehead atoms. The van der Waals surface area contributed by atoms with Gasteiger partial charge >= 0.3 is 0 Å². The molecule has 1 unspecified atom stereocenters. The largest absolute Gasteiger partial charge is 0.316 e. The van der Waals surface area contributed by atoms with Crippen LogP contribution < -0.4 is 5.32 Å². The minimum absolute atomic E-state index is 0.862. The van der Waals surface area contributed by atoms with E-state index in [0.29, 0.717) is 0 Å². The molecular weight excluding hydrogens is 112 g/mol. The molecule has 0 amide bonds. The minimum Gasteiger partial charge on any atom is -0.316 e. The molecule has 2 rings (SSSR count). The summed E-state index contributed by atoms with van der Waals surface area (Å²) < 4.78 is 0. The van der Waals surface area contributed by atoms with Crippen molar-refractivity contribution in [3.8, 4) is 0 Å². The standard InChI is InChI=1S/C7H14N2/c1-8-7-5-3-9(2)4-6(5)7/h5-8H,3-4H2,1-2H3/t5-,6+,7?. The lowest BCUT2D eigenvalue weighted by Gasteiger charge is -2.11. The summed E-state index contributed by atoms with van der Waals surface area (Å²) in [4.78, 5) is 2.42. The highest BCUT2D eigenvalue weighted by molar-refractivity contribution is 5.08. The molecule has 1 N–H and O–H groups in total. The quantitative estimate of drug-likeness (QED) is 0.522. The van der Waals surface area contributed by atoms with Crippen molar-refractivity contribution in [2.45, 2.75) is 6.04 Å². The van der Waals surface area contributed by atoms with Gasteiger partial charge in [0.1, 0.15) is 0 Å². The summed E-state index contributed by atoms with van der Waals surface area (Å²) in [6, 6.07) is 0.862. The summed E-state index contributed by atoms with van der Waals surface area (Å²) >= 11 is 0. The molecule has 1 saturated carbocycles. The average molecular weight is 126 g/mol. The normalized spacial score (nSPS) is 49.3. The van der Waals surface area contributed by atoms with Gasteiger partial charge in [0.2, 0.25) is 0 Å². The number of hydrogen-bond donors (Lipinski definition) is 1. The number of nitrogens with one attached hydrogen (secondary N) is 1. The van der Waals surface area contributed by atoms with E-state index in [9.17, 15) is 0 Å². The summed E-state index contributed by atoms with van der Waals surface area (Å²) in [5.41, 5.74) is 0. The molecule has 0 spiro atoms. The monoisotopic (exact) mass is 126 g/mol. The van der Waals surface area contributed by atoms with Crippen molar-refractivity contribution in [2.75, 3.05) is 27.2 Å². The zero-order chi connectivity index (χ0) is 6.43. The molecule has 2 heteroatoms. The molecule has 9 heavy (non-hydrogen) atoms. The molecule has 1 aliphatic carbocycles. The van der Waals surface area contributed by atoms with Crippen LogP contribution in [0.4, 0.5) is 0 Å². The molecule has 3 atom stereocenters. The first-order chi connectivity index (χ1) is 4.33. The van der Waals surface area contributed by atoms with Gasteiger partial charge < -0.3 is 10.2 Å². The first-order valence-electron chi connectivity index (χ1n) is 3.68. The fourth-order valence-electron chi connectivity index (χ4n) is 2.17. The van der Waals surface area contributed by atoms with E-state index >= 15 is 0 Å². The Bertz CT molecular complexity index is 112. The Morgan fingerprint density at radius 3 is 2.33 bits per heavy atom. The lowest BCUT2D eigenvalue weighted by molar-refractivity contribution is 0.353. The van der Waals surface area contributed by atoms with Crippen molar-refractivity contribution in [1.82, 2.24) is 10.2 Å². The van der Waals surface area contributed by atoms with Crippen molar-refractivity contribution in [1.29, 1.82) is 0 Å².